The molecule has 0 saturated heterocycles. The van der Waals surface area contributed by atoms with Crippen LogP contribution >= 0.6 is 15.9 Å². The smallest absolute Gasteiger partial charge is 0.142 e. The molecule has 0 bridgehead atoms. The van der Waals surface area contributed by atoms with Crippen molar-refractivity contribution in [3.63, 3.8) is 0 Å². The number of benzene rings is 2. The molecule has 0 aromatic heterocycles. The molecule has 2 nitrogen and oxygen atoms in total. The normalized spacial score (nSPS) is 12.2. The summed E-state index contributed by atoms with van der Waals surface area (Å²) in [5, 5.41) is 3.54. The van der Waals surface area contributed by atoms with Crippen molar-refractivity contribution < 1.29 is 4.74 Å². The van der Waals surface area contributed by atoms with Crippen molar-refractivity contribution in [3.05, 3.63) is 58.6 Å². The third kappa shape index (κ3) is 4.50. The predicted molar refractivity (Wildman–Crippen MR) is 93.0 cm³/mol. The minimum absolute atomic E-state index is 0.198. The Morgan fingerprint density at radius 3 is 2.38 bits per heavy atom. The van der Waals surface area contributed by atoms with Crippen molar-refractivity contribution in [2.45, 2.75) is 26.8 Å². The average Bonchev–Trinajstić information content (AvgIpc) is 2.46. The molecular weight excluding hydrogens is 326 g/mol. The van der Waals surface area contributed by atoms with Gasteiger partial charge in [0, 0.05) is 10.5 Å². The van der Waals surface area contributed by atoms with E-state index in [1.54, 1.807) is 0 Å². The molecule has 0 radical (unpaired) electrons. The molecule has 0 spiro atoms. The van der Waals surface area contributed by atoms with Crippen LogP contribution in [0.3, 0.4) is 0 Å². The summed E-state index contributed by atoms with van der Waals surface area (Å²) in [5.74, 6) is 1.42. The topological polar surface area (TPSA) is 21.3 Å². The number of anilines is 1. The average molecular weight is 348 g/mol. The van der Waals surface area contributed by atoms with Gasteiger partial charge in [-0.1, -0.05) is 60.1 Å². The lowest BCUT2D eigenvalue weighted by atomic mass is 10.1. The number of ether oxygens (including phenoxy) is 1. The fraction of sp³-hybridized carbons (Fsp3) is 0.333. The molecule has 21 heavy (non-hydrogen) atoms. The second-order valence-electron chi connectivity index (χ2n) is 5.59. The maximum atomic E-state index is 5.89. The Morgan fingerprint density at radius 2 is 1.67 bits per heavy atom. The first-order valence-electron chi connectivity index (χ1n) is 7.30. The minimum Gasteiger partial charge on any atom is -0.491 e. The number of nitrogens with one attached hydrogen (secondary N) is 1. The van der Waals surface area contributed by atoms with Crippen molar-refractivity contribution in [1.82, 2.24) is 0 Å². The molecule has 0 saturated carbocycles. The maximum Gasteiger partial charge on any atom is 0.142 e. The van der Waals surface area contributed by atoms with Gasteiger partial charge in [0.1, 0.15) is 5.75 Å². The summed E-state index contributed by atoms with van der Waals surface area (Å²) in [6, 6.07) is 16.6. The van der Waals surface area contributed by atoms with Crippen molar-refractivity contribution in [2.24, 2.45) is 5.92 Å². The van der Waals surface area contributed by atoms with Gasteiger partial charge in [-0.05, 0) is 36.6 Å². The second kappa shape index (κ2) is 7.51. The van der Waals surface area contributed by atoms with E-state index in [1.165, 1.54) is 5.56 Å². The maximum absolute atomic E-state index is 5.89. The van der Waals surface area contributed by atoms with Gasteiger partial charge < -0.3 is 10.1 Å². The Morgan fingerprint density at radius 1 is 1.00 bits per heavy atom. The summed E-state index contributed by atoms with van der Waals surface area (Å²) in [7, 11) is 0. The van der Waals surface area contributed by atoms with Crippen molar-refractivity contribution in [3.8, 4) is 5.75 Å². The number of para-hydroxylation sites is 2. The number of rotatable bonds is 6. The van der Waals surface area contributed by atoms with Crippen LogP contribution in [-0.4, -0.2) is 6.61 Å². The SMILES string of the molecule is CC(C)COc1ccccc1NC(C)c1ccccc1Br. The first-order valence-corrected chi connectivity index (χ1v) is 8.10. The zero-order chi connectivity index (χ0) is 15.2. The van der Waals surface area contributed by atoms with Gasteiger partial charge in [0.2, 0.25) is 0 Å². The van der Waals surface area contributed by atoms with E-state index < -0.39 is 0 Å². The van der Waals surface area contributed by atoms with E-state index in [1.807, 2.05) is 24.3 Å². The lowest BCUT2D eigenvalue weighted by Crippen LogP contribution is -2.10. The summed E-state index contributed by atoms with van der Waals surface area (Å²) < 4.78 is 7.01. The van der Waals surface area contributed by atoms with Crippen molar-refractivity contribution in [1.29, 1.82) is 0 Å². The molecular formula is C18H22BrNO. The molecule has 0 aliphatic heterocycles. The highest BCUT2D eigenvalue weighted by molar-refractivity contribution is 9.10. The predicted octanol–water partition coefficient (Wildman–Crippen LogP) is 5.66. The first kappa shape index (κ1) is 15.9. The van der Waals surface area contributed by atoms with Crippen molar-refractivity contribution >= 4 is 21.6 Å². The van der Waals surface area contributed by atoms with Crippen LogP contribution in [0.4, 0.5) is 5.69 Å². The number of hydrogen-bond donors (Lipinski definition) is 1. The Kier molecular flexibility index (Phi) is 5.68. The monoisotopic (exact) mass is 347 g/mol. The van der Waals surface area contributed by atoms with E-state index >= 15 is 0 Å². The molecule has 1 atom stereocenters. The van der Waals surface area contributed by atoms with Gasteiger partial charge in [-0.2, -0.15) is 0 Å². The molecule has 0 aliphatic rings. The largest absolute Gasteiger partial charge is 0.491 e. The fourth-order valence-electron chi connectivity index (χ4n) is 2.11. The van der Waals surface area contributed by atoms with E-state index in [4.69, 9.17) is 4.74 Å². The van der Waals surface area contributed by atoms with Gasteiger partial charge in [-0.3, -0.25) is 0 Å². The van der Waals surface area contributed by atoms with Crippen LogP contribution in [0.15, 0.2) is 53.0 Å². The summed E-state index contributed by atoms with van der Waals surface area (Å²) in [4.78, 5) is 0. The van der Waals surface area contributed by atoms with Crippen LogP contribution in [-0.2, 0) is 0 Å². The van der Waals surface area contributed by atoms with Crippen LogP contribution in [0.1, 0.15) is 32.4 Å². The van der Waals surface area contributed by atoms with E-state index in [2.05, 4.69) is 66.3 Å². The fourth-order valence-corrected chi connectivity index (χ4v) is 2.73. The molecule has 1 N–H and O–H groups in total. The van der Waals surface area contributed by atoms with Crippen LogP contribution < -0.4 is 10.1 Å². The summed E-state index contributed by atoms with van der Waals surface area (Å²) in [6.07, 6.45) is 0. The summed E-state index contributed by atoms with van der Waals surface area (Å²) >= 11 is 3.61. The molecule has 1 unspecified atom stereocenters. The van der Waals surface area contributed by atoms with Crippen LogP contribution in [0.2, 0.25) is 0 Å². The van der Waals surface area contributed by atoms with Gasteiger partial charge in [-0.25, -0.2) is 0 Å². The number of hydrogen-bond acceptors (Lipinski definition) is 2. The zero-order valence-corrected chi connectivity index (χ0v) is 14.4. The van der Waals surface area contributed by atoms with E-state index in [0.29, 0.717) is 5.92 Å². The second-order valence-corrected chi connectivity index (χ2v) is 6.44. The molecule has 2 rings (SSSR count). The molecule has 112 valence electrons. The molecule has 0 fully saturated rings. The number of halogens is 1. The van der Waals surface area contributed by atoms with Crippen LogP contribution in [0.25, 0.3) is 0 Å². The van der Waals surface area contributed by atoms with Crippen LogP contribution in [0, 0.1) is 5.92 Å². The van der Waals surface area contributed by atoms with E-state index in [0.717, 1.165) is 22.5 Å². The standard InChI is InChI=1S/C18H22BrNO/c1-13(2)12-21-18-11-7-6-10-17(18)20-14(3)15-8-4-5-9-16(15)19/h4-11,13-14,20H,12H2,1-3H3. The summed E-state index contributed by atoms with van der Waals surface area (Å²) in [5.41, 5.74) is 2.26. The van der Waals surface area contributed by atoms with Crippen LogP contribution in [0.5, 0.6) is 5.75 Å². The Labute approximate surface area is 135 Å². The molecule has 2 aromatic carbocycles. The van der Waals surface area contributed by atoms with Gasteiger partial charge >= 0.3 is 0 Å². The Hall–Kier alpha value is -1.48. The molecule has 0 heterocycles. The van der Waals surface area contributed by atoms with Gasteiger partial charge in [0.25, 0.3) is 0 Å². The quantitative estimate of drug-likeness (QED) is 0.728. The molecule has 3 heteroatoms. The highest BCUT2D eigenvalue weighted by atomic mass is 79.9. The Balaban J connectivity index is 2.14. The van der Waals surface area contributed by atoms with Gasteiger partial charge in [-0.15, -0.1) is 0 Å². The van der Waals surface area contributed by atoms with Gasteiger partial charge in [0.15, 0.2) is 0 Å². The lowest BCUT2D eigenvalue weighted by molar-refractivity contribution is 0.272. The lowest BCUT2D eigenvalue weighted by Gasteiger charge is -2.20. The third-order valence-electron chi connectivity index (χ3n) is 3.20. The zero-order valence-electron chi connectivity index (χ0n) is 12.8. The van der Waals surface area contributed by atoms with Crippen molar-refractivity contribution in [2.75, 3.05) is 11.9 Å². The third-order valence-corrected chi connectivity index (χ3v) is 3.93. The highest BCUT2D eigenvalue weighted by Gasteiger charge is 2.11. The summed E-state index contributed by atoms with van der Waals surface area (Å²) in [6.45, 7) is 7.18. The molecule has 0 aliphatic carbocycles. The first-order chi connectivity index (χ1) is 10.1. The highest BCUT2D eigenvalue weighted by Crippen LogP contribution is 2.30. The molecule has 2 aromatic rings. The minimum atomic E-state index is 0.198. The van der Waals surface area contributed by atoms with Gasteiger partial charge in [0.05, 0.1) is 12.3 Å². The Bertz CT molecular complexity index is 583. The van der Waals surface area contributed by atoms with E-state index in [-0.39, 0.29) is 6.04 Å². The molecule has 0 amide bonds. The van der Waals surface area contributed by atoms with E-state index in [9.17, 15) is 0 Å².